The molecule has 0 spiro atoms. The lowest BCUT2D eigenvalue weighted by Crippen LogP contribution is -2.35. The van der Waals surface area contributed by atoms with Gasteiger partial charge in [0.25, 0.3) is 0 Å². The van der Waals surface area contributed by atoms with Gasteiger partial charge in [-0.1, -0.05) is 6.92 Å². The van der Waals surface area contributed by atoms with Crippen molar-refractivity contribution in [2.45, 2.75) is 13.5 Å². The first kappa shape index (κ1) is 13.4. The molecule has 0 aliphatic carbocycles. The summed E-state index contributed by atoms with van der Waals surface area (Å²) in [5.41, 5.74) is 6.55. The summed E-state index contributed by atoms with van der Waals surface area (Å²) in [6.45, 7) is 2.85. The Morgan fingerprint density at radius 1 is 1.65 bits per heavy atom. The van der Waals surface area contributed by atoms with E-state index in [-0.39, 0.29) is 11.8 Å². The molecule has 1 aromatic rings. The number of hydrogen-bond donors (Lipinski definition) is 2. The third-order valence-electron chi connectivity index (χ3n) is 2.61. The van der Waals surface area contributed by atoms with Gasteiger partial charge in [0, 0.05) is 32.7 Å². The monoisotopic (exact) mass is 237 g/mol. The van der Waals surface area contributed by atoms with Gasteiger partial charge in [-0.3, -0.25) is 4.79 Å². The molecule has 17 heavy (non-hydrogen) atoms. The molecule has 0 saturated heterocycles. The number of nitrogens with two attached hydrogens (primary N) is 1. The highest BCUT2D eigenvalue weighted by atomic mass is 16.1. The summed E-state index contributed by atoms with van der Waals surface area (Å²) in [4.78, 5) is 13.3. The van der Waals surface area contributed by atoms with Crippen LogP contribution >= 0.6 is 0 Å². The summed E-state index contributed by atoms with van der Waals surface area (Å²) < 4.78 is 0. The molecule has 3 N–H and O–H groups in total. The van der Waals surface area contributed by atoms with Crippen LogP contribution in [-0.4, -0.2) is 36.7 Å². The summed E-state index contributed by atoms with van der Waals surface area (Å²) in [5, 5.41) is 10.5. The van der Waals surface area contributed by atoms with E-state index in [0.717, 1.165) is 11.4 Å². The average molecular weight is 237 g/mol. The second-order valence-corrected chi connectivity index (χ2v) is 3.98. The lowest BCUT2D eigenvalue weighted by molar-refractivity contribution is -0.123. The lowest BCUT2D eigenvalue weighted by atomic mass is 10.1. The summed E-state index contributed by atoms with van der Waals surface area (Å²) in [5.74, 6) is 0.624. The Kier molecular flexibility index (Phi) is 4.84. The Hall–Kier alpha value is -1.69. The normalized spacial score (nSPS) is 12.0. The first-order chi connectivity index (χ1) is 8.10. The van der Waals surface area contributed by atoms with Crippen LogP contribution in [0.4, 0.5) is 5.82 Å². The van der Waals surface area contributed by atoms with E-state index >= 15 is 0 Å². The smallest absolute Gasteiger partial charge is 0.224 e. The number of aromatic nitrogens is 2. The largest absolute Gasteiger partial charge is 0.359 e. The third-order valence-corrected chi connectivity index (χ3v) is 2.61. The van der Waals surface area contributed by atoms with E-state index in [0.29, 0.717) is 13.1 Å². The predicted molar refractivity (Wildman–Crippen MR) is 66.4 cm³/mol. The van der Waals surface area contributed by atoms with E-state index in [4.69, 9.17) is 5.73 Å². The molecule has 94 valence electrons. The molecule has 1 atom stereocenters. The highest BCUT2D eigenvalue weighted by Crippen LogP contribution is 2.15. The van der Waals surface area contributed by atoms with Gasteiger partial charge >= 0.3 is 0 Å². The van der Waals surface area contributed by atoms with Gasteiger partial charge in [-0.05, 0) is 6.07 Å². The van der Waals surface area contributed by atoms with Gasteiger partial charge in [0.2, 0.25) is 5.91 Å². The molecule has 6 heteroatoms. The molecular formula is C11H19N5O. The number of carbonyl (C=O) groups excluding carboxylic acids is 1. The van der Waals surface area contributed by atoms with Crippen molar-refractivity contribution in [2.75, 3.05) is 25.5 Å². The number of nitrogens with zero attached hydrogens (tertiary/aromatic N) is 3. The summed E-state index contributed by atoms with van der Waals surface area (Å²) in [6, 6.07) is 1.84. The van der Waals surface area contributed by atoms with Crippen LogP contribution in [0.25, 0.3) is 0 Å². The van der Waals surface area contributed by atoms with Gasteiger partial charge in [-0.25, -0.2) is 0 Å². The first-order valence-corrected chi connectivity index (χ1v) is 5.53. The number of carbonyl (C=O) groups is 1. The van der Waals surface area contributed by atoms with Crippen LogP contribution in [0.15, 0.2) is 12.3 Å². The molecule has 0 radical (unpaired) electrons. The molecule has 1 rings (SSSR count). The zero-order valence-corrected chi connectivity index (χ0v) is 10.5. The van der Waals surface area contributed by atoms with Crippen molar-refractivity contribution >= 4 is 11.7 Å². The van der Waals surface area contributed by atoms with Crippen molar-refractivity contribution in [3.05, 3.63) is 17.8 Å². The fourth-order valence-electron chi connectivity index (χ4n) is 1.66. The predicted octanol–water partition coefficient (Wildman–Crippen LogP) is -0.246. The maximum atomic E-state index is 11.4. The highest BCUT2D eigenvalue weighted by molar-refractivity contribution is 5.78. The molecule has 0 aromatic carbocycles. The molecule has 0 fully saturated rings. The quantitative estimate of drug-likeness (QED) is 0.738. The van der Waals surface area contributed by atoms with Crippen molar-refractivity contribution in [1.82, 2.24) is 15.5 Å². The number of nitrogens with one attached hydrogen (secondary N) is 1. The maximum absolute atomic E-state index is 11.4. The van der Waals surface area contributed by atoms with Gasteiger partial charge in [0.15, 0.2) is 5.82 Å². The van der Waals surface area contributed by atoms with Gasteiger partial charge in [0.1, 0.15) is 0 Å². The molecular weight excluding hydrogens is 218 g/mol. The summed E-state index contributed by atoms with van der Waals surface area (Å²) in [7, 11) is 3.51. The molecule has 1 amide bonds. The Morgan fingerprint density at radius 2 is 2.35 bits per heavy atom. The number of amides is 1. The van der Waals surface area contributed by atoms with Crippen molar-refractivity contribution < 1.29 is 4.79 Å². The number of hydrogen-bond acceptors (Lipinski definition) is 5. The molecule has 6 nitrogen and oxygen atoms in total. The molecule has 1 heterocycles. The van der Waals surface area contributed by atoms with Gasteiger partial charge in [-0.15, -0.1) is 5.10 Å². The van der Waals surface area contributed by atoms with Crippen molar-refractivity contribution in [3.8, 4) is 0 Å². The molecule has 0 aliphatic heterocycles. The van der Waals surface area contributed by atoms with E-state index in [1.54, 1.807) is 13.2 Å². The Bertz CT molecular complexity index is 382. The molecule has 1 unspecified atom stereocenters. The minimum Gasteiger partial charge on any atom is -0.359 e. The molecule has 0 saturated carbocycles. The van der Waals surface area contributed by atoms with Crippen LogP contribution in [-0.2, 0) is 11.3 Å². The van der Waals surface area contributed by atoms with E-state index in [1.807, 2.05) is 24.9 Å². The molecule has 0 aliphatic rings. The van der Waals surface area contributed by atoms with Crippen LogP contribution in [0.3, 0.4) is 0 Å². The lowest BCUT2D eigenvalue weighted by Gasteiger charge is -2.22. The summed E-state index contributed by atoms with van der Waals surface area (Å²) >= 11 is 0. The van der Waals surface area contributed by atoms with Crippen molar-refractivity contribution in [1.29, 1.82) is 0 Å². The topological polar surface area (TPSA) is 84.1 Å². The van der Waals surface area contributed by atoms with Gasteiger partial charge in [-0.2, -0.15) is 5.10 Å². The average Bonchev–Trinajstić information content (AvgIpc) is 2.37. The Labute approximate surface area is 101 Å². The van der Waals surface area contributed by atoms with Crippen molar-refractivity contribution in [2.24, 2.45) is 11.7 Å². The van der Waals surface area contributed by atoms with Crippen molar-refractivity contribution in [3.63, 3.8) is 0 Å². The minimum absolute atomic E-state index is 0.00930. The van der Waals surface area contributed by atoms with Crippen LogP contribution in [0.5, 0.6) is 0 Å². The fraction of sp³-hybridized carbons (Fsp3) is 0.545. The maximum Gasteiger partial charge on any atom is 0.224 e. The fourth-order valence-corrected chi connectivity index (χ4v) is 1.66. The van der Waals surface area contributed by atoms with Gasteiger partial charge < -0.3 is 16.0 Å². The Balaban J connectivity index is 2.75. The highest BCUT2D eigenvalue weighted by Gasteiger charge is 2.16. The third kappa shape index (κ3) is 3.39. The molecule has 0 bridgehead atoms. The molecule has 1 aromatic heterocycles. The van der Waals surface area contributed by atoms with Gasteiger partial charge in [0.05, 0.1) is 12.1 Å². The van der Waals surface area contributed by atoms with Crippen LogP contribution < -0.4 is 16.0 Å². The van der Waals surface area contributed by atoms with E-state index in [1.165, 1.54) is 0 Å². The Morgan fingerprint density at radius 3 is 2.94 bits per heavy atom. The zero-order valence-electron chi connectivity index (χ0n) is 10.5. The summed E-state index contributed by atoms with van der Waals surface area (Å²) in [6.07, 6.45) is 1.61. The first-order valence-electron chi connectivity index (χ1n) is 5.53. The second kappa shape index (κ2) is 6.15. The van der Waals surface area contributed by atoms with Crippen LogP contribution in [0.2, 0.25) is 0 Å². The van der Waals surface area contributed by atoms with E-state index < -0.39 is 0 Å². The van der Waals surface area contributed by atoms with Crippen LogP contribution in [0, 0.1) is 5.92 Å². The number of anilines is 1. The standard InChI is InChI=1S/C11H19N5O/c1-8(11(17)13-2)7-16(3)10-9(6-12)4-5-14-15-10/h4-5,8H,6-7,12H2,1-3H3,(H,13,17). The minimum atomic E-state index is -0.113. The van der Waals surface area contributed by atoms with E-state index in [9.17, 15) is 4.79 Å². The SMILES string of the molecule is CNC(=O)C(C)CN(C)c1nnccc1CN. The van der Waals surface area contributed by atoms with E-state index in [2.05, 4.69) is 15.5 Å². The zero-order chi connectivity index (χ0) is 12.8. The number of rotatable bonds is 5. The second-order valence-electron chi connectivity index (χ2n) is 3.98. The van der Waals surface area contributed by atoms with Crippen LogP contribution in [0.1, 0.15) is 12.5 Å².